The summed E-state index contributed by atoms with van der Waals surface area (Å²) in [6.45, 7) is 8.81. The van der Waals surface area contributed by atoms with Crippen LogP contribution in [0.2, 0.25) is 0 Å². The van der Waals surface area contributed by atoms with E-state index in [-0.39, 0.29) is 12.5 Å². The number of nitrogens with one attached hydrogen (secondary N) is 1. The number of hydrogen-bond acceptors (Lipinski definition) is 3. The van der Waals surface area contributed by atoms with Gasteiger partial charge in [-0.25, -0.2) is 4.99 Å². The summed E-state index contributed by atoms with van der Waals surface area (Å²) in [6, 6.07) is 11.8. The number of carbonyl (C=O) groups is 1. The molecule has 6 nitrogen and oxygen atoms in total. The lowest BCUT2D eigenvalue weighted by Crippen LogP contribution is -2.57. The van der Waals surface area contributed by atoms with Crippen molar-refractivity contribution in [3.8, 4) is 0 Å². The molecule has 1 N–H and O–H groups in total. The molecule has 1 aromatic rings. The van der Waals surface area contributed by atoms with Gasteiger partial charge in [0, 0.05) is 45.8 Å². The number of piperidine rings is 2. The first kappa shape index (κ1) is 22.6. The molecular weight excluding hydrogens is 374 g/mol. The van der Waals surface area contributed by atoms with Crippen molar-refractivity contribution in [1.29, 1.82) is 0 Å². The topological polar surface area (TPSA) is 51.2 Å². The molecule has 3 unspecified atom stereocenters. The highest BCUT2D eigenvalue weighted by molar-refractivity contribution is 5.85. The van der Waals surface area contributed by atoms with Crippen LogP contribution in [0.1, 0.15) is 45.1 Å². The largest absolute Gasteiger partial charge is 0.354 e. The highest BCUT2D eigenvalue weighted by Gasteiger charge is 2.36. The van der Waals surface area contributed by atoms with Gasteiger partial charge in [-0.2, -0.15) is 0 Å². The summed E-state index contributed by atoms with van der Waals surface area (Å²) in [6.07, 6.45) is 4.72. The van der Waals surface area contributed by atoms with Gasteiger partial charge in [-0.15, -0.1) is 0 Å². The molecule has 166 valence electrons. The number of carbonyl (C=O) groups excluding carboxylic acids is 1. The molecule has 0 aromatic heterocycles. The second kappa shape index (κ2) is 10.8. The third kappa shape index (κ3) is 5.97. The van der Waals surface area contributed by atoms with Gasteiger partial charge in [-0.1, -0.05) is 37.3 Å². The van der Waals surface area contributed by atoms with E-state index in [4.69, 9.17) is 4.99 Å². The van der Waals surface area contributed by atoms with Gasteiger partial charge in [0.1, 0.15) is 6.54 Å². The van der Waals surface area contributed by atoms with Gasteiger partial charge in [0.05, 0.1) is 0 Å². The van der Waals surface area contributed by atoms with Crippen molar-refractivity contribution in [3.05, 3.63) is 35.9 Å². The van der Waals surface area contributed by atoms with E-state index in [0.717, 1.165) is 38.4 Å². The maximum Gasteiger partial charge on any atom is 0.243 e. The number of amides is 1. The summed E-state index contributed by atoms with van der Waals surface area (Å²) in [5.74, 6) is 1.60. The molecule has 0 aliphatic carbocycles. The van der Waals surface area contributed by atoms with Crippen LogP contribution in [0, 0.1) is 5.92 Å². The molecule has 0 radical (unpaired) electrons. The number of guanidine groups is 1. The second-order valence-electron chi connectivity index (χ2n) is 9.04. The van der Waals surface area contributed by atoms with Crippen LogP contribution in [0.25, 0.3) is 0 Å². The molecule has 30 heavy (non-hydrogen) atoms. The number of aliphatic imine (C=N–C) groups is 1. The Balaban J connectivity index is 1.67. The van der Waals surface area contributed by atoms with Gasteiger partial charge in [0.15, 0.2) is 5.96 Å². The lowest BCUT2D eigenvalue weighted by Gasteiger charge is -2.48. The van der Waals surface area contributed by atoms with Crippen molar-refractivity contribution in [3.63, 3.8) is 0 Å². The fourth-order valence-corrected chi connectivity index (χ4v) is 4.56. The van der Waals surface area contributed by atoms with Gasteiger partial charge in [-0.05, 0) is 50.6 Å². The number of nitrogens with zero attached hydrogens (tertiary/aromatic N) is 4. The van der Waals surface area contributed by atoms with E-state index in [1.807, 2.05) is 0 Å². The second-order valence-corrected chi connectivity index (χ2v) is 9.04. The third-order valence-corrected chi connectivity index (χ3v) is 6.56. The monoisotopic (exact) mass is 413 g/mol. The highest BCUT2D eigenvalue weighted by atomic mass is 16.2. The smallest absolute Gasteiger partial charge is 0.243 e. The van der Waals surface area contributed by atoms with E-state index in [2.05, 4.69) is 59.3 Å². The molecule has 0 bridgehead atoms. The summed E-state index contributed by atoms with van der Waals surface area (Å²) < 4.78 is 0. The Morgan fingerprint density at radius 2 is 2.00 bits per heavy atom. The molecule has 2 saturated heterocycles. The number of likely N-dealkylation sites (N-methyl/N-ethyl adjacent to an activating group) is 1. The molecule has 3 atom stereocenters. The van der Waals surface area contributed by atoms with Crippen molar-refractivity contribution in [1.82, 2.24) is 20.0 Å². The number of benzene rings is 1. The molecule has 1 aromatic carbocycles. The Hall–Kier alpha value is -2.08. The maximum atomic E-state index is 12.1. The van der Waals surface area contributed by atoms with Gasteiger partial charge >= 0.3 is 0 Å². The van der Waals surface area contributed by atoms with Gasteiger partial charge in [0.2, 0.25) is 5.91 Å². The molecule has 6 heteroatoms. The number of likely N-dealkylation sites (tertiary alicyclic amines) is 2. The summed E-state index contributed by atoms with van der Waals surface area (Å²) in [7, 11) is 3.57. The summed E-state index contributed by atoms with van der Waals surface area (Å²) in [5, 5.41) is 3.57. The van der Waals surface area contributed by atoms with Gasteiger partial charge in [0.25, 0.3) is 0 Å². The van der Waals surface area contributed by atoms with Crippen LogP contribution >= 0.6 is 0 Å². The van der Waals surface area contributed by atoms with Crippen LogP contribution in [0.5, 0.6) is 0 Å². The van der Waals surface area contributed by atoms with Crippen LogP contribution in [0.3, 0.4) is 0 Å². The Kier molecular flexibility index (Phi) is 8.14. The average molecular weight is 414 g/mol. The van der Waals surface area contributed by atoms with Crippen molar-refractivity contribution in [2.24, 2.45) is 10.9 Å². The van der Waals surface area contributed by atoms with Gasteiger partial charge < -0.3 is 15.1 Å². The predicted octanol–water partition coefficient (Wildman–Crippen LogP) is 2.81. The van der Waals surface area contributed by atoms with E-state index in [0.29, 0.717) is 18.0 Å². The molecule has 1 amide bonds. The minimum Gasteiger partial charge on any atom is -0.354 e. The van der Waals surface area contributed by atoms with Crippen molar-refractivity contribution in [2.45, 2.75) is 58.2 Å². The van der Waals surface area contributed by atoms with E-state index in [1.165, 1.54) is 24.9 Å². The first-order chi connectivity index (χ1) is 14.5. The van der Waals surface area contributed by atoms with Crippen LogP contribution in [-0.2, 0) is 11.3 Å². The first-order valence-corrected chi connectivity index (χ1v) is 11.5. The zero-order chi connectivity index (χ0) is 21.5. The van der Waals surface area contributed by atoms with Crippen LogP contribution < -0.4 is 5.32 Å². The standard InChI is InChI=1S/C24H39N5O/c1-5-19(2)26-24(25-16-23(30)27(3)4)29-15-13-22-21(18-29)12-9-14-28(22)17-20-10-7-6-8-11-20/h6-8,10-11,19,21-22H,5,9,12-18H2,1-4H3,(H,25,26). The Morgan fingerprint density at radius 3 is 2.70 bits per heavy atom. The normalized spacial score (nSPS) is 23.6. The minimum atomic E-state index is 0.0417. The molecular formula is C24H39N5O. The molecule has 2 aliphatic heterocycles. The highest BCUT2D eigenvalue weighted by Crippen LogP contribution is 2.31. The Morgan fingerprint density at radius 1 is 1.23 bits per heavy atom. The van der Waals surface area contributed by atoms with Crippen molar-refractivity contribution < 1.29 is 4.79 Å². The zero-order valence-electron chi connectivity index (χ0n) is 19.2. The Bertz CT molecular complexity index is 705. The maximum absolute atomic E-state index is 12.1. The fraction of sp³-hybridized carbons (Fsp3) is 0.667. The first-order valence-electron chi connectivity index (χ1n) is 11.5. The lowest BCUT2D eigenvalue weighted by atomic mass is 9.83. The molecule has 2 heterocycles. The number of fused-ring (bicyclic) bond motifs is 1. The number of hydrogen-bond donors (Lipinski definition) is 1. The van der Waals surface area contributed by atoms with E-state index >= 15 is 0 Å². The third-order valence-electron chi connectivity index (χ3n) is 6.56. The average Bonchev–Trinajstić information content (AvgIpc) is 2.76. The summed E-state index contributed by atoms with van der Waals surface area (Å²) in [4.78, 5) is 23.5. The van der Waals surface area contributed by atoms with E-state index < -0.39 is 0 Å². The van der Waals surface area contributed by atoms with Crippen LogP contribution in [0.4, 0.5) is 0 Å². The van der Waals surface area contributed by atoms with Crippen LogP contribution in [-0.4, -0.2) is 78.9 Å². The molecule has 0 saturated carbocycles. The lowest BCUT2D eigenvalue weighted by molar-refractivity contribution is -0.127. The SMILES string of the molecule is CCC(C)NC(=NCC(=O)N(C)C)N1CCC2C(CCCN2Cc2ccccc2)C1. The zero-order valence-corrected chi connectivity index (χ0v) is 19.2. The molecule has 0 spiro atoms. The van der Waals surface area contributed by atoms with Crippen LogP contribution in [0.15, 0.2) is 35.3 Å². The van der Waals surface area contributed by atoms with E-state index in [9.17, 15) is 4.79 Å². The van der Waals surface area contributed by atoms with Gasteiger partial charge in [-0.3, -0.25) is 9.69 Å². The number of rotatable bonds is 6. The molecule has 3 rings (SSSR count). The predicted molar refractivity (Wildman–Crippen MR) is 123 cm³/mol. The molecule has 2 fully saturated rings. The molecule has 2 aliphatic rings. The fourth-order valence-electron chi connectivity index (χ4n) is 4.56. The Labute approximate surface area is 182 Å². The van der Waals surface area contributed by atoms with Crippen molar-refractivity contribution in [2.75, 3.05) is 40.3 Å². The summed E-state index contributed by atoms with van der Waals surface area (Å²) >= 11 is 0. The summed E-state index contributed by atoms with van der Waals surface area (Å²) in [5.41, 5.74) is 1.41. The quantitative estimate of drug-likeness (QED) is 0.576. The van der Waals surface area contributed by atoms with E-state index in [1.54, 1.807) is 19.0 Å². The minimum absolute atomic E-state index is 0.0417. The van der Waals surface area contributed by atoms with Crippen molar-refractivity contribution >= 4 is 11.9 Å².